The van der Waals surface area contributed by atoms with E-state index in [0.717, 1.165) is 11.1 Å². The summed E-state index contributed by atoms with van der Waals surface area (Å²) in [5.41, 5.74) is 8.40. The van der Waals surface area contributed by atoms with Crippen LogP contribution in [0.2, 0.25) is 5.02 Å². The van der Waals surface area contributed by atoms with Gasteiger partial charge in [0.15, 0.2) is 0 Å². The number of nitrogens with zero attached hydrogens (tertiary/aromatic N) is 3. The number of aryl methyl sites for hydroxylation is 2. The first-order valence-electron chi connectivity index (χ1n) is 16.5. The molecule has 1 aliphatic rings. The number of carbonyl (C=O) groups excluding carboxylic acids is 3. The van der Waals surface area contributed by atoms with Gasteiger partial charge in [-0.1, -0.05) is 130 Å². The minimum atomic E-state index is -0.643. The van der Waals surface area contributed by atoms with E-state index in [4.69, 9.17) is 22.4 Å². The zero-order chi connectivity index (χ0) is 36.1. The predicted octanol–water partition coefficient (Wildman–Crippen LogP) is 9.18. The van der Waals surface area contributed by atoms with Crippen molar-refractivity contribution in [1.29, 1.82) is 0 Å². The third-order valence-corrected chi connectivity index (χ3v) is 5.87. The number of urea groups is 1. The third-order valence-electron chi connectivity index (χ3n) is 5.45. The van der Waals surface area contributed by atoms with Gasteiger partial charge in [-0.3, -0.25) is 9.59 Å². The number of hydrogen-bond acceptors (Lipinski definition) is 4. The van der Waals surface area contributed by atoms with E-state index in [1.165, 1.54) is 35.3 Å². The fraction of sp³-hybridized carbons (Fsp3) is 0.583. The van der Waals surface area contributed by atoms with E-state index in [0.29, 0.717) is 17.3 Å². The Morgan fingerprint density at radius 2 is 1.38 bits per heavy atom. The van der Waals surface area contributed by atoms with Gasteiger partial charge in [0.1, 0.15) is 18.5 Å². The average molecular weight is 653 g/mol. The molecular weight excluding hydrogens is 588 g/mol. The number of primary amides is 1. The highest BCUT2D eigenvalue weighted by Crippen LogP contribution is 2.21. The number of amides is 4. The number of hydrogen-bond donors (Lipinski definition) is 2. The molecular formula is C36H65ClN4O4. The number of nitrogens with two attached hydrogens (primary N) is 1. The fourth-order valence-corrected chi connectivity index (χ4v) is 3.53. The van der Waals surface area contributed by atoms with Crippen LogP contribution in [0.5, 0.6) is 5.75 Å². The topological polar surface area (TPSA) is 107 Å². The maximum absolute atomic E-state index is 12.5. The third kappa shape index (κ3) is 21.2. The Kier molecular flexibility index (Phi) is 33.2. The molecule has 0 saturated carbocycles. The van der Waals surface area contributed by atoms with Gasteiger partial charge in [0.05, 0.1) is 6.54 Å². The zero-order valence-corrected chi connectivity index (χ0v) is 31.6. The van der Waals surface area contributed by atoms with Gasteiger partial charge in [0.25, 0.3) is 0 Å². The molecule has 1 atom stereocenters. The summed E-state index contributed by atoms with van der Waals surface area (Å²) in [4.78, 5) is 40.6. The van der Waals surface area contributed by atoms with Crippen molar-refractivity contribution in [3.63, 3.8) is 0 Å². The molecule has 0 aliphatic carbocycles. The maximum atomic E-state index is 12.5. The van der Waals surface area contributed by atoms with Gasteiger partial charge in [0, 0.05) is 25.0 Å². The van der Waals surface area contributed by atoms with Gasteiger partial charge in [-0.2, -0.15) is 0 Å². The van der Waals surface area contributed by atoms with E-state index >= 15 is 0 Å². The number of rotatable bonds is 4. The van der Waals surface area contributed by atoms with Crippen molar-refractivity contribution >= 4 is 29.4 Å². The Bertz CT molecular complexity index is 1010. The SMILES string of the molecule is CC.CC.CC.CCC.CCC.CCC(=O)N1CC(=O)N(Cc2ccc(Cl)c(C)c2)CC1N(C)C(N)=O.Cc1ccc(O)cc1. The van der Waals surface area contributed by atoms with E-state index in [2.05, 4.69) is 27.7 Å². The molecule has 1 unspecified atom stereocenters. The summed E-state index contributed by atoms with van der Waals surface area (Å²) in [5, 5.41) is 9.42. The van der Waals surface area contributed by atoms with E-state index in [1.807, 2.05) is 79.7 Å². The predicted molar refractivity (Wildman–Crippen MR) is 194 cm³/mol. The van der Waals surface area contributed by atoms with E-state index in [-0.39, 0.29) is 31.3 Å². The molecule has 8 nitrogen and oxygen atoms in total. The monoisotopic (exact) mass is 652 g/mol. The van der Waals surface area contributed by atoms with Crippen molar-refractivity contribution in [2.24, 2.45) is 5.73 Å². The van der Waals surface area contributed by atoms with Crippen LogP contribution in [0.1, 0.15) is 112 Å². The number of halogens is 1. The van der Waals surface area contributed by atoms with Crippen LogP contribution in [0.15, 0.2) is 42.5 Å². The lowest BCUT2D eigenvalue weighted by molar-refractivity contribution is -0.153. The molecule has 3 N–H and O–H groups in total. The van der Waals surface area contributed by atoms with Crippen molar-refractivity contribution < 1.29 is 19.5 Å². The maximum Gasteiger partial charge on any atom is 0.316 e. The molecule has 2 aromatic rings. The Balaban J connectivity index is -0.000000345. The molecule has 0 radical (unpaired) electrons. The normalized spacial score (nSPS) is 12.6. The highest BCUT2D eigenvalue weighted by atomic mass is 35.5. The summed E-state index contributed by atoms with van der Waals surface area (Å²) >= 11 is 6.04. The highest BCUT2D eigenvalue weighted by molar-refractivity contribution is 6.31. The lowest BCUT2D eigenvalue weighted by atomic mass is 10.1. The number of carbonyl (C=O) groups is 3. The van der Waals surface area contributed by atoms with Crippen LogP contribution in [-0.4, -0.2) is 64.0 Å². The van der Waals surface area contributed by atoms with Crippen LogP contribution in [0.25, 0.3) is 0 Å². The van der Waals surface area contributed by atoms with Gasteiger partial charge >= 0.3 is 6.03 Å². The smallest absolute Gasteiger partial charge is 0.316 e. The lowest BCUT2D eigenvalue weighted by Crippen LogP contribution is -2.64. The summed E-state index contributed by atoms with van der Waals surface area (Å²) in [7, 11) is 1.53. The molecule has 1 fully saturated rings. The van der Waals surface area contributed by atoms with Gasteiger partial charge in [-0.15, -0.1) is 0 Å². The second-order valence-electron chi connectivity index (χ2n) is 9.41. The van der Waals surface area contributed by atoms with Crippen LogP contribution >= 0.6 is 11.6 Å². The van der Waals surface area contributed by atoms with Crippen LogP contribution in [0, 0.1) is 13.8 Å². The van der Waals surface area contributed by atoms with Crippen molar-refractivity contribution in [2.45, 2.75) is 122 Å². The number of phenolic OH excluding ortho intramolecular Hbond substituents is 1. The summed E-state index contributed by atoms with van der Waals surface area (Å²) in [6, 6.07) is 12.0. The Labute approximate surface area is 280 Å². The van der Waals surface area contributed by atoms with Crippen LogP contribution < -0.4 is 5.73 Å². The molecule has 0 bridgehead atoms. The molecule has 1 aliphatic heterocycles. The first-order chi connectivity index (χ1) is 21.4. The number of likely N-dealkylation sites (N-methyl/N-ethyl adjacent to an activating group) is 1. The minimum absolute atomic E-state index is 0.0679. The molecule has 3 rings (SSSR count). The molecule has 45 heavy (non-hydrogen) atoms. The molecule has 1 saturated heterocycles. The second-order valence-corrected chi connectivity index (χ2v) is 9.82. The standard InChI is InChI=1S/C17H23ClN4O3.C7H8O.2C3H8.3C2H6/c1-4-15(23)22-10-16(24)21(9-14(22)20(3)17(19)25)8-12-5-6-13(18)11(2)7-12;1-6-2-4-7(8)5-3-6;2*1-3-2;3*1-2/h5-7,14H,4,8-10H2,1-3H3,(H2,19,25);2-5,8H,1H3;2*3H2,1-2H3;3*1-2H3. The largest absolute Gasteiger partial charge is 0.508 e. The van der Waals surface area contributed by atoms with Gasteiger partial charge in [-0.25, -0.2) is 4.79 Å². The zero-order valence-electron chi connectivity index (χ0n) is 30.8. The number of aromatic hydroxyl groups is 1. The van der Waals surface area contributed by atoms with Crippen molar-refractivity contribution in [3.8, 4) is 5.75 Å². The number of benzene rings is 2. The van der Waals surface area contributed by atoms with Crippen LogP contribution in [0.3, 0.4) is 0 Å². The first-order valence-corrected chi connectivity index (χ1v) is 16.8. The molecule has 4 amide bonds. The molecule has 1 heterocycles. The van der Waals surface area contributed by atoms with Crippen LogP contribution in [0.4, 0.5) is 4.79 Å². The molecule has 2 aromatic carbocycles. The van der Waals surface area contributed by atoms with Crippen molar-refractivity contribution in [3.05, 3.63) is 64.2 Å². The summed E-state index contributed by atoms with van der Waals surface area (Å²) < 4.78 is 0. The first kappa shape index (κ1) is 48.6. The van der Waals surface area contributed by atoms with E-state index in [1.54, 1.807) is 30.0 Å². The van der Waals surface area contributed by atoms with Crippen LogP contribution in [-0.2, 0) is 16.1 Å². The minimum Gasteiger partial charge on any atom is -0.508 e. The quantitative estimate of drug-likeness (QED) is 0.343. The van der Waals surface area contributed by atoms with Gasteiger partial charge < -0.3 is 25.5 Å². The Morgan fingerprint density at radius 1 is 0.911 bits per heavy atom. The second kappa shape index (κ2) is 30.8. The molecule has 9 heteroatoms. The molecule has 0 aromatic heterocycles. The number of phenols is 1. The summed E-state index contributed by atoms with van der Waals surface area (Å²) in [6.07, 6.45) is 2.18. The Hall–Kier alpha value is -3.26. The molecule has 260 valence electrons. The highest BCUT2D eigenvalue weighted by Gasteiger charge is 2.37. The average Bonchev–Trinajstić information content (AvgIpc) is 3.04. The fourth-order valence-electron chi connectivity index (χ4n) is 3.41. The molecule has 0 spiro atoms. The summed E-state index contributed by atoms with van der Waals surface area (Å²) in [6.45, 7) is 26.6. The lowest BCUT2D eigenvalue weighted by Gasteiger charge is -2.44. The van der Waals surface area contributed by atoms with E-state index < -0.39 is 12.2 Å². The van der Waals surface area contributed by atoms with E-state index in [9.17, 15) is 14.4 Å². The van der Waals surface area contributed by atoms with Gasteiger partial charge in [-0.05, 0) is 43.2 Å². The van der Waals surface area contributed by atoms with Gasteiger partial charge in [0.2, 0.25) is 11.8 Å². The number of piperazine rings is 1. The Morgan fingerprint density at radius 3 is 1.76 bits per heavy atom. The summed E-state index contributed by atoms with van der Waals surface area (Å²) in [5.74, 6) is -0.0208. The van der Waals surface area contributed by atoms with Crippen molar-refractivity contribution in [1.82, 2.24) is 14.7 Å². The van der Waals surface area contributed by atoms with Crippen molar-refractivity contribution in [2.75, 3.05) is 20.1 Å².